The second-order valence-electron chi connectivity index (χ2n) is 3.74. The highest BCUT2D eigenvalue weighted by molar-refractivity contribution is 5.22. The van der Waals surface area contributed by atoms with Gasteiger partial charge in [0.15, 0.2) is 11.6 Å². The summed E-state index contributed by atoms with van der Waals surface area (Å²) < 4.78 is 36.5. The Hall–Kier alpha value is -1.04. The van der Waals surface area contributed by atoms with Crippen LogP contribution in [0.1, 0.15) is 11.6 Å². The molecule has 5 heteroatoms. The first-order valence-electron chi connectivity index (χ1n) is 5.07. The van der Waals surface area contributed by atoms with Gasteiger partial charge < -0.3 is 15.2 Å². The van der Waals surface area contributed by atoms with Crippen molar-refractivity contribution >= 4 is 0 Å². The first kappa shape index (κ1) is 11.4. The lowest BCUT2D eigenvalue weighted by atomic mass is 10.1. The Bertz CT molecular complexity index is 369. The van der Waals surface area contributed by atoms with Gasteiger partial charge in [-0.3, -0.25) is 0 Å². The van der Waals surface area contributed by atoms with Crippen LogP contribution in [0.5, 0.6) is 0 Å². The van der Waals surface area contributed by atoms with Crippen LogP contribution in [0.15, 0.2) is 18.2 Å². The summed E-state index contributed by atoms with van der Waals surface area (Å²) >= 11 is 0. The summed E-state index contributed by atoms with van der Waals surface area (Å²) in [6.07, 6.45) is 0.0303. The van der Waals surface area contributed by atoms with Gasteiger partial charge in [-0.25, -0.2) is 8.78 Å². The number of rotatable bonds is 4. The molecule has 1 aromatic carbocycles. The van der Waals surface area contributed by atoms with Gasteiger partial charge in [-0.1, -0.05) is 12.1 Å². The van der Waals surface area contributed by atoms with Crippen molar-refractivity contribution in [3.05, 3.63) is 35.4 Å². The molecule has 1 unspecified atom stereocenters. The SMILES string of the molecule is NC(COC1COC1)c1cccc(F)c1F. The number of nitrogens with two attached hydrogens (primary N) is 1. The lowest BCUT2D eigenvalue weighted by Gasteiger charge is -2.27. The molecule has 1 aliphatic rings. The minimum Gasteiger partial charge on any atom is -0.376 e. The molecule has 0 aliphatic carbocycles. The van der Waals surface area contributed by atoms with Gasteiger partial charge in [0.05, 0.1) is 25.9 Å². The summed E-state index contributed by atoms with van der Waals surface area (Å²) in [6.45, 7) is 1.24. The molecule has 0 aromatic heterocycles. The van der Waals surface area contributed by atoms with Gasteiger partial charge in [-0.15, -0.1) is 0 Å². The van der Waals surface area contributed by atoms with E-state index in [4.69, 9.17) is 15.2 Å². The van der Waals surface area contributed by atoms with E-state index in [1.54, 1.807) is 0 Å². The normalized spacial score (nSPS) is 18.2. The Morgan fingerprint density at radius 2 is 2.19 bits per heavy atom. The molecule has 3 nitrogen and oxygen atoms in total. The average Bonchev–Trinajstić information content (AvgIpc) is 2.19. The van der Waals surface area contributed by atoms with Crippen LogP contribution in [-0.4, -0.2) is 25.9 Å². The summed E-state index contributed by atoms with van der Waals surface area (Å²) in [6, 6.07) is 3.30. The molecular weight excluding hydrogens is 216 g/mol. The maximum atomic E-state index is 13.3. The van der Waals surface area contributed by atoms with Crippen LogP contribution in [0.25, 0.3) is 0 Å². The van der Waals surface area contributed by atoms with Crippen LogP contribution in [0.2, 0.25) is 0 Å². The van der Waals surface area contributed by atoms with Crippen molar-refractivity contribution in [3.8, 4) is 0 Å². The fraction of sp³-hybridized carbons (Fsp3) is 0.455. The lowest BCUT2D eigenvalue weighted by Crippen LogP contribution is -2.38. The first-order chi connectivity index (χ1) is 7.68. The Balaban J connectivity index is 1.96. The van der Waals surface area contributed by atoms with Crippen molar-refractivity contribution in [2.75, 3.05) is 19.8 Å². The topological polar surface area (TPSA) is 44.5 Å². The minimum absolute atomic E-state index is 0.0303. The van der Waals surface area contributed by atoms with Crippen LogP contribution < -0.4 is 5.73 Å². The molecule has 0 radical (unpaired) electrons. The highest BCUT2D eigenvalue weighted by Gasteiger charge is 2.21. The predicted molar refractivity (Wildman–Crippen MR) is 53.8 cm³/mol. The summed E-state index contributed by atoms with van der Waals surface area (Å²) in [5, 5.41) is 0. The Morgan fingerprint density at radius 3 is 2.81 bits per heavy atom. The molecule has 1 fully saturated rings. The number of hydrogen-bond acceptors (Lipinski definition) is 3. The third-order valence-electron chi connectivity index (χ3n) is 2.50. The van der Waals surface area contributed by atoms with Crippen molar-refractivity contribution < 1.29 is 18.3 Å². The van der Waals surface area contributed by atoms with Crippen LogP contribution in [-0.2, 0) is 9.47 Å². The van der Waals surface area contributed by atoms with E-state index in [-0.39, 0.29) is 18.3 Å². The van der Waals surface area contributed by atoms with Gasteiger partial charge in [-0.2, -0.15) is 0 Å². The molecule has 16 heavy (non-hydrogen) atoms. The summed E-state index contributed by atoms with van der Waals surface area (Å²) in [4.78, 5) is 0. The van der Waals surface area contributed by atoms with Gasteiger partial charge in [0.25, 0.3) is 0 Å². The van der Waals surface area contributed by atoms with Crippen LogP contribution in [0, 0.1) is 11.6 Å². The number of ether oxygens (including phenoxy) is 2. The molecule has 0 spiro atoms. The molecule has 1 aliphatic heterocycles. The lowest BCUT2D eigenvalue weighted by molar-refractivity contribution is -0.132. The largest absolute Gasteiger partial charge is 0.376 e. The highest BCUT2D eigenvalue weighted by atomic mass is 19.2. The fourth-order valence-electron chi connectivity index (χ4n) is 1.45. The van der Waals surface area contributed by atoms with Crippen molar-refractivity contribution in [1.29, 1.82) is 0 Å². The minimum atomic E-state index is -0.900. The highest BCUT2D eigenvalue weighted by Crippen LogP contribution is 2.19. The molecule has 1 atom stereocenters. The van der Waals surface area contributed by atoms with Crippen molar-refractivity contribution in [2.45, 2.75) is 12.1 Å². The monoisotopic (exact) mass is 229 g/mol. The zero-order chi connectivity index (χ0) is 11.5. The van der Waals surface area contributed by atoms with E-state index in [1.165, 1.54) is 12.1 Å². The van der Waals surface area contributed by atoms with E-state index in [0.29, 0.717) is 13.2 Å². The van der Waals surface area contributed by atoms with Gasteiger partial charge in [0.1, 0.15) is 6.10 Å². The van der Waals surface area contributed by atoms with Gasteiger partial charge in [-0.05, 0) is 6.07 Å². The Labute approximate surface area is 92.1 Å². The maximum Gasteiger partial charge on any atom is 0.163 e. The maximum absolute atomic E-state index is 13.3. The summed E-state index contributed by atoms with van der Waals surface area (Å²) in [5.74, 6) is -1.79. The predicted octanol–water partition coefficient (Wildman–Crippen LogP) is 1.38. The Kier molecular flexibility index (Phi) is 3.48. The summed E-state index contributed by atoms with van der Waals surface area (Å²) in [7, 11) is 0. The van der Waals surface area contributed by atoms with Crippen LogP contribution in [0.3, 0.4) is 0 Å². The first-order valence-corrected chi connectivity index (χ1v) is 5.07. The molecule has 0 bridgehead atoms. The standard InChI is InChI=1S/C11H13F2NO2/c12-9-3-1-2-8(11(9)13)10(14)6-16-7-4-15-5-7/h1-3,7,10H,4-6,14H2. The second-order valence-corrected chi connectivity index (χ2v) is 3.74. The number of benzene rings is 1. The molecule has 0 saturated carbocycles. The van der Waals surface area contributed by atoms with Crippen LogP contribution >= 0.6 is 0 Å². The molecule has 1 heterocycles. The van der Waals surface area contributed by atoms with Crippen LogP contribution in [0.4, 0.5) is 8.78 Å². The third kappa shape index (κ3) is 2.37. The molecular formula is C11H13F2NO2. The Morgan fingerprint density at radius 1 is 1.44 bits per heavy atom. The number of hydrogen-bond donors (Lipinski definition) is 1. The molecule has 1 saturated heterocycles. The smallest absolute Gasteiger partial charge is 0.163 e. The van der Waals surface area contributed by atoms with Crippen molar-refractivity contribution in [1.82, 2.24) is 0 Å². The van der Waals surface area contributed by atoms with E-state index in [0.717, 1.165) is 6.07 Å². The molecule has 0 amide bonds. The number of halogens is 2. The van der Waals surface area contributed by atoms with E-state index in [1.807, 2.05) is 0 Å². The molecule has 88 valence electrons. The summed E-state index contributed by atoms with van der Waals surface area (Å²) in [5.41, 5.74) is 5.86. The third-order valence-corrected chi connectivity index (χ3v) is 2.50. The van der Waals surface area contributed by atoms with E-state index in [2.05, 4.69) is 0 Å². The fourth-order valence-corrected chi connectivity index (χ4v) is 1.45. The van der Waals surface area contributed by atoms with Gasteiger partial charge >= 0.3 is 0 Å². The van der Waals surface area contributed by atoms with E-state index >= 15 is 0 Å². The van der Waals surface area contributed by atoms with Crippen molar-refractivity contribution in [2.24, 2.45) is 5.73 Å². The molecule has 1 aromatic rings. The average molecular weight is 229 g/mol. The van der Waals surface area contributed by atoms with Crippen molar-refractivity contribution in [3.63, 3.8) is 0 Å². The van der Waals surface area contributed by atoms with E-state index < -0.39 is 17.7 Å². The molecule has 2 N–H and O–H groups in total. The zero-order valence-corrected chi connectivity index (χ0v) is 8.66. The van der Waals surface area contributed by atoms with Gasteiger partial charge in [0.2, 0.25) is 0 Å². The van der Waals surface area contributed by atoms with E-state index in [9.17, 15) is 8.78 Å². The molecule has 2 rings (SSSR count). The second kappa shape index (κ2) is 4.86. The zero-order valence-electron chi connectivity index (χ0n) is 8.66. The van der Waals surface area contributed by atoms with Gasteiger partial charge in [0, 0.05) is 5.56 Å². The quantitative estimate of drug-likeness (QED) is 0.848.